The number of nitrogens with one attached hydrogen (secondary N) is 3. The van der Waals surface area contributed by atoms with Gasteiger partial charge in [0.25, 0.3) is 11.8 Å². The van der Waals surface area contributed by atoms with Crippen LogP contribution < -0.4 is 16.0 Å². The Morgan fingerprint density at radius 2 is 1.74 bits per heavy atom. The van der Waals surface area contributed by atoms with Crippen molar-refractivity contribution in [2.24, 2.45) is 5.92 Å². The Balaban J connectivity index is 1.13. The van der Waals surface area contributed by atoms with Gasteiger partial charge < -0.3 is 20.4 Å². The fourth-order valence-corrected chi connectivity index (χ4v) is 8.02. The van der Waals surface area contributed by atoms with Crippen molar-refractivity contribution in [1.29, 1.82) is 5.26 Å². The fraction of sp³-hybridized carbons (Fsp3) is 0.179. The molecule has 3 aromatic carbocycles. The molecule has 50 heavy (non-hydrogen) atoms. The Morgan fingerprint density at radius 3 is 2.46 bits per heavy atom. The smallest absolute Gasteiger partial charge is 0.272 e. The Kier molecular flexibility index (Phi) is 11.0. The van der Waals surface area contributed by atoms with E-state index < -0.39 is 17.1 Å². The van der Waals surface area contributed by atoms with Crippen LogP contribution in [0.4, 0.5) is 10.7 Å². The molecule has 0 unspecified atom stereocenters. The van der Waals surface area contributed by atoms with E-state index in [2.05, 4.69) is 44.9 Å². The van der Waals surface area contributed by atoms with Crippen LogP contribution in [0.15, 0.2) is 110 Å². The number of thioether (sulfide) groups is 1. The maximum absolute atomic E-state index is 13.5. The summed E-state index contributed by atoms with van der Waals surface area (Å²) in [4.78, 5) is 41.8. The summed E-state index contributed by atoms with van der Waals surface area (Å²) in [5.74, 6) is 0.417. The predicted octanol–water partition coefficient (Wildman–Crippen LogP) is 9.30. The van der Waals surface area contributed by atoms with Crippen molar-refractivity contribution < 1.29 is 18.8 Å². The van der Waals surface area contributed by atoms with Gasteiger partial charge in [-0.25, -0.2) is 0 Å². The average Bonchev–Trinajstić information content (AvgIpc) is 3.73. The zero-order valence-electron chi connectivity index (χ0n) is 27.3. The molecule has 0 saturated carbocycles. The number of hydrogen-bond donors (Lipinski definition) is 3. The Morgan fingerprint density at radius 1 is 1.00 bits per heavy atom. The van der Waals surface area contributed by atoms with E-state index in [-0.39, 0.29) is 11.6 Å². The molecule has 0 saturated heterocycles. The van der Waals surface area contributed by atoms with Crippen LogP contribution in [-0.2, 0) is 22.4 Å². The highest BCUT2D eigenvalue weighted by Crippen LogP contribution is 2.39. The minimum Gasteiger partial charge on any atom is -0.457 e. The van der Waals surface area contributed by atoms with Gasteiger partial charge in [0.1, 0.15) is 28.3 Å². The summed E-state index contributed by atoms with van der Waals surface area (Å²) in [5.41, 5.74) is 3.44. The molecular formula is C39H33BrN4O4S2. The molecule has 5 aromatic rings. The lowest BCUT2D eigenvalue weighted by Crippen LogP contribution is -2.30. The number of rotatable bonds is 10. The first-order valence-electron chi connectivity index (χ1n) is 16.0. The third-order valence-corrected chi connectivity index (χ3v) is 11.0. The topological polar surface area (TPSA) is 124 Å². The van der Waals surface area contributed by atoms with Crippen molar-refractivity contribution in [3.05, 3.63) is 128 Å². The number of fused-ring (bicyclic) bond motifs is 1. The number of carbonyl (C=O) groups is 3. The van der Waals surface area contributed by atoms with Gasteiger partial charge >= 0.3 is 0 Å². The second-order valence-corrected chi connectivity index (χ2v) is 15.4. The molecular weight excluding hydrogens is 732 g/mol. The van der Waals surface area contributed by atoms with Crippen molar-refractivity contribution in [3.63, 3.8) is 0 Å². The quantitative estimate of drug-likeness (QED) is 0.0962. The lowest BCUT2D eigenvalue weighted by atomic mass is 9.89. The molecule has 252 valence electrons. The Labute approximate surface area is 307 Å². The highest BCUT2D eigenvalue weighted by atomic mass is 79.9. The summed E-state index contributed by atoms with van der Waals surface area (Å²) in [7, 11) is 0. The second-order valence-electron chi connectivity index (χ2n) is 12.0. The van der Waals surface area contributed by atoms with E-state index in [1.165, 1.54) is 34.1 Å². The molecule has 0 radical (unpaired) electrons. The molecule has 2 atom stereocenters. The number of thiophene rings is 1. The Hall–Kier alpha value is -4.89. The molecule has 0 aliphatic heterocycles. The van der Waals surface area contributed by atoms with Crippen molar-refractivity contribution in [2.75, 3.05) is 10.6 Å². The number of nitrogens with zero attached hydrogens (tertiary/aromatic N) is 1. The Bertz CT molecular complexity index is 2100. The van der Waals surface area contributed by atoms with Crippen molar-refractivity contribution in [3.8, 4) is 17.4 Å². The molecule has 3 N–H and O–H groups in total. The standard InChI is InChI=1S/C39H33BrN4O4S2/c1-23-8-18-31-32(22-41)39(50-35(31)20-23)44-36(45)24(2)49-30-16-13-28(14-17-30)42-38(47)33(43-37(46)26-6-4-3-5-7-26)21-29-15-19-34(48-29)25-9-11-27(40)12-10-25/h3-7,9-17,19,21,23-24H,8,18,20H2,1-2H3,(H,42,47)(H,43,46)(H,44,45)/b33-21-/t23-,24+/m1/s1. The van der Waals surface area contributed by atoms with Crippen molar-refractivity contribution in [1.82, 2.24) is 5.32 Å². The number of furan rings is 1. The molecule has 0 bridgehead atoms. The summed E-state index contributed by atoms with van der Waals surface area (Å²) < 4.78 is 6.95. The summed E-state index contributed by atoms with van der Waals surface area (Å²) in [5, 5.41) is 18.6. The van der Waals surface area contributed by atoms with Gasteiger partial charge in [-0.1, -0.05) is 53.2 Å². The van der Waals surface area contributed by atoms with Crippen LogP contribution in [0.5, 0.6) is 0 Å². The van der Waals surface area contributed by atoms with Crippen LogP contribution in [0, 0.1) is 17.2 Å². The third-order valence-electron chi connectivity index (χ3n) is 8.23. The number of carbonyl (C=O) groups excluding carboxylic acids is 3. The minimum absolute atomic E-state index is 0.000701. The highest BCUT2D eigenvalue weighted by Gasteiger charge is 2.26. The summed E-state index contributed by atoms with van der Waals surface area (Å²) in [6, 6.07) is 29.2. The molecule has 0 spiro atoms. The predicted molar refractivity (Wildman–Crippen MR) is 203 cm³/mol. The molecule has 0 fully saturated rings. The van der Waals surface area contributed by atoms with Gasteiger partial charge in [0.05, 0.1) is 10.8 Å². The molecule has 1 aliphatic carbocycles. The lowest BCUT2D eigenvalue weighted by Gasteiger charge is -2.17. The first kappa shape index (κ1) is 35.0. The number of halogens is 1. The molecule has 11 heteroatoms. The zero-order valence-corrected chi connectivity index (χ0v) is 30.5. The first-order valence-corrected chi connectivity index (χ1v) is 18.5. The van der Waals surface area contributed by atoms with E-state index >= 15 is 0 Å². The van der Waals surface area contributed by atoms with Crippen LogP contribution in [0.1, 0.15) is 52.4 Å². The molecule has 6 rings (SSSR count). The van der Waals surface area contributed by atoms with Crippen LogP contribution in [0.25, 0.3) is 17.4 Å². The molecule has 8 nitrogen and oxygen atoms in total. The maximum atomic E-state index is 13.5. The number of nitriles is 1. The van der Waals surface area contributed by atoms with Gasteiger partial charge in [0, 0.05) is 37.1 Å². The zero-order chi connectivity index (χ0) is 35.2. The minimum atomic E-state index is -0.537. The number of amides is 3. The van der Waals surface area contributed by atoms with Crippen molar-refractivity contribution >= 4 is 73.5 Å². The van der Waals surface area contributed by atoms with Gasteiger partial charge in [0.2, 0.25) is 5.91 Å². The van der Waals surface area contributed by atoms with Crippen LogP contribution in [-0.4, -0.2) is 23.0 Å². The third kappa shape index (κ3) is 8.45. The second kappa shape index (κ2) is 15.8. The van der Waals surface area contributed by atoms with Gasteiger partial charge in [0.15, 0.2) is 0 Å². The van der Waals surface area contributed by atoms with Gasteiger partial charge in [-0.2, -0.15) is 5.26 Å². The first-order chi connectivity index (χ1) is 24.2. The van der Waals surface area contributed by atoms with Crippen LogP contribution in [0.3, 0.4) is 0 Å². The molecule has 3 amide bonds. The molecule has 2 heterocycles. The van der Waals surface area contributed by atoms with Crippen molar-refractivity contribution in [2.45, 2.75) is 43.3 Å². The SMILES string of the molecule is C[C@@H]1CCc2c(sc(NC(=O)[C@H](C)Sc3ccc(NC(=O)/C(=C/c4ccc(-c5ccc(Br)cc5)o4)NC(=O)c4ccccc4)cc3)c2C#N)C1. The van der Waals surface area contributed by atoms with E-state index in [0.717, 1.165) is 39.8 Å². The molecule has 2 aromatic heterocycles. The van der Waals surface area contributed by atoms with E-state index in [1.807, 2.05) is 49.4 Å². The van der Waals surface area contributed by atoms with E-state index in [1.54, 1.807) is 48.5 Å². The monoisotopic (exact) mass is 764 g/mol. The largest absolute Gasteiger partial charge is 0.457 e. The maximum Gasteiger partial charge on any atom is 0.272 e. The number of benzene rings is 3. The van der Waals surface area contributed by atoms with Gasteiger partial charge in [-0.15, -0.1) is 23.1 Å². The van der Waals surface area contributed by atoms with E-state index in [9.17, 15) is 19.6 Å². The fourth-order valence-electron chi connectivity index (χ4n) is 5.53. The van der Waals surface area contributed by atoms with Gasteiger partial charge in [-0.05, 0) is 98.3 Å². The molecule has 1 aliphatic rings. The highest BCUT2D eigenvalue weighted by molar-refractivity contribution is 9.10. The summed E-state index contributed by atoms with van der Waals surface area (Å²) >= 11 is 6.32. The van der Waals surface area contributed by atoms with E-state index in [0.29, 0.717) is 39.3 Å². The number of anilines is 2. The average molecular weight is 766 g/mol. The van der Waals surface area contributed by atoms with E-state index in [4.69, 9.17) is 4.42 Å². The lowest BCUT2D eigenvalue weighted by molar-refractivity contribution is -0.115. The summed E-state index contributed by atoms with van der Waals surface area (Å²) in [6.45, 7) is 4.03. The van der Waals surface area contributed by atoms with Crippen LogP contribution >= 0.6 is 39.0 Å². The number of hydrogen-bond acceptors (Lipinski definition) is 7. The van der Waals surface area contributed by atoms with Crippen LogP contribution in [0.2, 0.25) is 0 Å². The summed E-state index contributed by atoms with van der Waals surface area (Å²) in [6.07, 6.45) is 4.34. The van der Waals surface area contributed by atoms with Gasteiger partial charge in [-0.3, -0.25) is 14.4 Å². The normalized spacial score (nSPS) is 14.6.